The Balaban J connectivity index is 1.66. The number of nitrogens with two attached hydrogens (primary N) is 1. The van der Waals surface area contributed by atoms with Crippen molar-refractivity contribution in [2.75, 3.05) is 6.54 Å². The second kappa shape index (κ2) is 4.05. The number of hydrogen-bond acceptors (Lipinski definition) is 3. The topological polar surface area (TPSA) is 56.7 Å². The van der Waals surface area contributed by atoms with Crippen LogP contribution in [0.25, 0.3) is 0 Å². The largest absolute Gasteiger partial charge is 0.330 e. The first-order chi connectivity index (χ1) is 8.85. The van der Waals surface area contributed by atoms with Crippen LogP contribution in [0.5, 0.6) is 0 Å². The van der Waals surface area contributed by atoms with E-state index in [1.54, 1.807) is 0 Å². The molecule has 4 heteroatoms. The van der Waals surface area contributed by atoms with Gasteiger partial charge in [-0.1, -0.05) is 5.21 Å². The molecule has 4 aliphatic carbocycles. The van der Waals surface area contributed by atoms with Gasteiger partial charge in [0.05, 0.1) is 17.9 Å². The zero-order valence-electron chi connectivity index (χ0n) is 10.8. The average Bonchev–Trinajstić information content (AvgIpc) is 2.76. The summed E-state index contributed by atoms with van der Waals surface area (Å²) in [5.41, 5.74) is 6.94. The minimum absolute atomic E-state index is 0.627. The van der Waals surface area contributed by atoms with Gasteiger partial charge in [-0.25, -0.2) is 4.68 Å². The van der Waals surface area contributed by atoms with Crippen LogP contribution < -0.4 is 5.73 Å². The quantitative estimate of drug-likeness (QED) is 0.884. The molecule has 1 aromatic rings. The molecule has 0 saturated heterocycles. The summed E-state index contributed by atoms with van der Waals surface area (Å²) in [6.07, 6.45) is 10.1. The van der Waals surface area contributed by atoms with Gasteiger partial charge in [-0.3, -0.25) is 0 Å². The van der Waals surface area contributed by atoms with E-state index in [2.05, 4.69) is 15.0 Å². The van der Waals surface area contributed by atoms with E-state index < -0.39 is 0 Å². The third-order valence-electron chi connectivity index (χ3n) is 5.51. The fourth-order valence-electron chi connectivity index (χ4n) is 5.14. The Morgan fingerprint density at radius 3 is 2.39 bits per heavy atom. The van der Waals surface area contributed by atoms with Crippen molar-refractivity contribution in [2.45, 2.75) is 44.6 Å². The monoisotopic (exact) mass is 246 g/mol. The molecule has 4 saturated carbocycles. The SMILES string of the molecule is NCCc1cnnn1C1C2CC3CC(C2)CC1C3. The first kappa shape index (κ1) is 11.0. The highest BCUT2D eigenvalue weighted by atomic mass is 15.4. The fraction of sp³-hybridized carbons (Fsp3) is 0.857. The molecule has 4 bridgehead atoms. The molecule has 4 aliphatic rings. The van der Waals surface area contributed by atoms with Crippen LogP contribution in [-0.2, 0) is 6.42 Å². The molecule has 0 spiro atoms. The van der Waals surface area contributed by atoms with Crippen LogP contribution >= 0.6 is 0 Å². The van der Waals surface area contributed by atoms with E-state index in [9.17, 15) is 0 Å². The summed E-state index contributed by atoms with van der Waals surface area (Å²) >= 11 is 0. The Morgan fingerprint density at radius 1 is 1.11 bits per heavy atom. The van der Waals surface area contributed by atoms with E-state index in [1.807, 2.05) is 6.20 Å². The third-order valence-corrected chi connectivity index (χ3v) is 5.51. The van der Waals surface area contributed by atoms with E-state index >= 15 is 0 Å². The van der Waals surface area contributed by atoms with Gasteiger partial charge in [-0.15, -0.1) is 5.10 Å². The highest BCUT2D eigenvalue weighted by molar-refractivity contribution is 5.05. The van der Waals surface area contributed by atoms with Gasteiger partial charge >= 0.3 is 0 Å². The second-order valence-electron chi connectivity index (χ2n) is 6.63. The third kappa shape index (κ3) is 1.54. The van der Waals surface area contributed by atoms with Crippen molar-refractivity contribution in [3.8, 4) is 0 Å². The van der Waals surface area contributed by atoms with E-state index in [0.717, 1.165) is 30.1 Å². The van der Waals surface area contributed by atoms with Crippen LogP contribution in [0.2, 0.25) is 0 Å². The molecular formula is C14H22N4. The summed E-state index contributed by atoms with van der Waals surface area (Å²) in [4.78, 5) is 0. The smallest absolute Gasteiger partial charge is 0.0725 e. The molecule has 18 heavy (non-hydrogen) atoms. The number of hydrogen-bond donors (Lipinski definition) is 1. The highest BCUT2D eigenvalue weighted by Gasteiger charge is 2.49. The zero-order chi connectivity index (χ0) is 12.1. The minimum Gasteiger partial charge on any atom is -0.330 e. The summed E-state index contributed by atoms with van der Waals surface area (Å²) in [6, 6.07) is 0.627. The maximum Gasteiger partial charge on any atom is 0.0725 e. The summed E-state index contributed by atoms with van der Waals surface area (Å²) in [6.45, 7) is 0.695. The van der Waals surface area contributed by atoms with Crippen molar-refractivity contribution in [1.82, 2.24) is 15.0 Å². The lowest BCUT2D eigenvalue weighted by molar-refractivity contribution is -0.0352. The molecule has 0 amide bonds. The first-order valence-corrected chi connectivity index (χ1v) is 7.44. The predicted molar refractivity (Wildman–Crippen MR) is 68.9 cm³/mol. The molecule has 0 aromatic carbocycles. The zero-order valence-corrected chi connectivity index (χ0v) is 10.8. The fourth-order valence-corrected chi connectivity index (χ4v) is 5.14. The standard InChI is InChI=1S/C14H22N4/c15-2-1-13-8-16-17-18(13)14-11-4-9-3-10(6-11)7-12(14)5-9/h8-12,14H,1-7,15H2. The Labute approximate surface area is 108 Å². The summed E-state index contributed by atoms with van der Waals surface area (Å²) in [5.74, 6) is 3.76. The van der Waals surface area contributed by atoms with Crippen LogP contribution in [0.15, 0.2) is 6.20 Å². The Hall–Kier alpha value is -0.900. The molecule has 2 N–H and O–H groups in total. The molecule has 0 radical (unpaired) electrons. The van der Waals surface area contributed by atoms with Crippen LogP contribution in [0.4, 0.5) is 0 Å². The molecule has 4 fully saturated rings. The van der Waals surface area contributed by atoms with Gasteiger partial charge < -0.3 is 5.73 Å². The average molecular weight is 246 g/mol. The number of rotatable bonds is 3. The van der Waals surface area contributed by atoms with Gasteiger partial charge in [-0.2, -0.15) is 0 Å². The van der Waals surface area contributed by atoms with Gasteiger partial charge in [0.1, 0.15) is 0 Å². The normalized spacial score (nSPS) is 41.5. The Morgan fingerprint density at radius 2 is 1.78 bits per heavy atom. The summed E-state index contributed by atoms with van der Waals surface area (Å²) < 4.78 is 2.24. The predicted octanol–water partition coefficient (Wildman–Crippen LogP) is 1.78. The van der Waals surface area contributed by atoms with Crippen molar-refractivity contribution in [2.24, 2.45) is 29.4 Å². The summed E-state index contributed by atoms with van der Waals surface area (Å²) in [5, 5.41) is 8.52. The molecular weight excluding hydrogens is 224 g/mol. The van der Waals surface area contributed by atoms with Crippen LogP contribution in [0, 0.1) is 23.7 Å². The lowest BCUT2D eigenvalue weighted by Crippen LogP contribution is -2.46. The van der Waals surface area contributed by atoms with Crippen molar-refractivity contribution in [3.63, 3.8) is 0 Å². The van der Waals surface area contributed by atoms with E-state index in [1.165, 1.54) is 37.8 Å². The van der Waals surface area contributed by atoms with Crippen molar-refractivity contribution >= 4 is 0 Å². The lowest BCUT2D eigenvalue weighted by atomic mass is 9.54. The molecule has 1 aromatic heterocycles. The lowest BCUT2D eigenvalue weighted by Gasteiger charge is -2.54. The van der Waals surface area contributed by atoms with E-state index in [0.29, 0.717) is 12.6 Å². The Kier molecular flexibility index (Phi) is 2.47. The maximum atomic E-state index is 5.69. The van der Waals surface area contributed by atoms with Gasteiger partial charge in [0.25, 0.3) is 0 Å². The van der Waals surface area contributed by atoms with Crippen LogP contribution in [0.1, 0.15) is 43.8 Å². The molecule has 4 nitrogen and oxygen atoms in total. The number of nitrogens with zero attached hydrogens (tertiary/aromatic N) is 3. The molecule has 0 unspecified atom stereocenters. The van der Waals surface area contributed by atoms with Crippen molar-refractivity contribution in [1.29, 1.82) is 0 Å². The Bertz CT molecular complexity index is 411. The van der Waals surface area contributed by atoms with Gasteiger partial charge in [0, 0.05) is 6.42 Å². The van der Waals surface area contributed by atoms with Crippen LogP contribution in [-0.4, -0.2) is 21.5 Å². The van der Waals surface area contributed by atoms with Crippen molar-refractivity contribution in [3.05, 3.63) is 11.9 Å². The van der Waals surface area contributed by atoms with Gasteiger partial charge in [-0.05, 0) is 62.3 Å². The molecule has 0 aliphatic heterocycles. The highest BCUT2D eigenvalue weighted by Crippen LogP contribution is 2.58. The molecule has 1 heterocycles. The van der Waals surface area contributed by atoms with E-state index in [-0.39, 0.29) is 0 Å². The first-order valence-electron chi connectivity index (χ1n) is 7.44. The number of aromatic nitrogens is 3. The molecule has 98 valence electrons. The second-order valence-corrected chi connectivity index (χ2v) is 6.63. The molecule has 0 atom stereocenters. The maximum absolute atomic E-state index is 5.69. The van der Waals surface area contributed by atoms with Crippen molar-refractivity contribution < 1.29 is 0 Å². The minimum atomic E-state index is 0.627. The van der Waals surface area contributed by atoms with Gasteiger partial charge in [0.2, 0.25) is 0 Å². The van der Waals surface area contributed by atoms with Crippen LogP contribution in [0.3, 0.4) is 0 Å². The van der Waals surface area contributed by atoms with E-state index in [4.69, 9.17) is 5.73 Å². The molecule has 5 rings (SSSR count). The summed E-state index contributed by atoms with van der Waals surface area (Å²) in [7, 11) is 0. The van der Waals surface area contributed by atoms with Gasteiger partial charge in [0.15, 0.2) is 0 Å².